The highest BCUT2D eigenvalue weighted by molar-refractivity contribution is 8.00. The summed E-state index contributed by atoms with van der Waals surface area (Å²) in [4.78, 5) is 24.9. The molecule has 0 saturated carbocycles. The molecule has 0 spiro atoms. The third-order valence-corrected chi connectivity index (χ3v) is 4.35. The Morgan fingerprint density at radius 1 is 1.47 bits per heavy atom. The third-order valence-electron chi connectivity index (χ3n) is 2.91. The van der Waals surface area contributed by atoms with Crippen LogP contribution in [0.15, 0.2) is 18.2 Å². The largest absolute Gasteiger partial charge is 0.480 e. The summed E-state index contributed by atoms with van der Waals surface area (Å²) in [6, 6.07) is 3.72. The Kier molecular flexibility index (Phi) is 3.91. The number of anilines is 1. The maximum Gasteiger partial charge on any atom is 0.327 e. The van der Waals surface area contributed by atoms with Crippen molar-refractivity contribution in [2.24, 2.45) is 0 Å². The predicted octanol–water partition coefficient (Wildman–Crippen LogP) is 1.91. The van der Waals surface area contributed by atoms with E-state index in [1.54, 1.807) is 6.92 Å². The average Bonchev–Trinajstić information content (AvgIpc) is 2.69. The number of thioether (sulfide) groups is 1. The molecule has 102 valence electrons. The molecule has 2 unspecified atom stereocenters. The summed E-state index contributed by atoms with van der Waals surface area (Å²) in [5.74, 6) is -0.975. The molecule has 1 fully saturated rings. The number of carboxylic acid groups (broad SMARTS) is 1. The Balaban J connectivity index is 2.34. The molecule has 0 aliphatic carbocycles. The molecule has 2 atom stereocenters. The molecule has 2 rings (SSSR count). The second-order valence-corrected chi connectivity index (χ2v) is 6.06. The zero-order valence-corrected chi connectivity index (χ0v) is 11.7. The van der Waals surface area contributed by atoms with Crippen LogP contribution in [0.1, 0.15) is 17.3 Å². The fraction of sp³-hybridized carbons (Fsp3) is 0.333. The van der Waals surface area contributed by atoms with Crippen molar-refractivity contribution in [2.45, 2.75) is 18.3 Å². The van der Waals surface area contributed by atoms with Crippen LogP contribution in [0.4, 0.5) is 5.69 Å². The monoisotopic (exact) mass is 300 g/mol. The predicted molar refractivity (Wildman–Crippen MR) is 75.4 cm³/mol. The van der Waals surface area contributed by atoms with Gasteiger partial charge in [-0.15, -0.1) is 11.8 Å². The molecular weight excluding hydrogens is 288 g/mol. The molecule has 5 nitrogen and oxygen atoms in total. The standard InChI is InChI=1S/C12H13ClN2O3S/c1-6-15(10(5-19-6)12(17)18)11(16)7-2-8(13)4-9(14)3-7/h2-4,6,10H,5,14H2,1H3,(H,17,18). The van der Waals surface area contributed by atoms with E-state index < -0.39 is 12.0 Å². The van der Waals surface area contributed by atoms with Crippen LogP contribution in [0.5, 0.6) is 0 Å². The van der Waals surface area contributed by atoms with E-state index >= 15 is 0 Å². The number of aliphatic carboxylic acids is 1. The van der Waals surface area contributed by atoms with Gasteiger partial charge in [-0.3, -0.25) is 4.79 Å². The van der Waals surface area contributed by atoms with Crippen LogP contribution < -0.4 is 5.73 Å². The normalized spacial score (nSPS) is 22.5. The van der Waals surface area contributed by atoms with Crippen molar-refractivity contribution in [3.63, 3.8) is 0 Å². The van der Waals surface area contributed by atoms with Crippen LogP contribution in [0.2, 0.25) is 5.02 Å². The van der Waals surface area contributed by atoms with Gasteiger partial charge >= 0.3 is 5.97 Å². The minimum absolute atomic E-state index is 0.186. The number of nitrogens with two attached hydrogens (primary N) is 1. The lowest BCUT2D eigenvalue weighted by Gasteiger charge is -2.25. The van der Waals surface area contributed by atoms with Gasteiger partial charge < -0.3 is 15.7 Å². The lowest BCUT2D eigenvalue weighted by atomic mass is 10.1. The Labute approximate surface area is 119 Å². The number of carbonyl (C=O) groups excluding carboxylic acids is 1. The molecule has 7 heteroatoms. The van der Waals surface area contributed by atoms with Crippen molar-refractivity contribution < 1.29 is 14.7 Å². The Bertz CT molecular complexity index is 517. The van der Waals surface area contributed by atoms with E-state index in [1.807, 2.05) is 0 Å². The van der Waals surface area contributed by atoms with Gasteiger partial charge in [0.1, 0.15) is 6.04 Å². The maximum absolute atomic E-state index is 12.4. The number of benzene rings is 1. The van der Waals surface area contributed by atoms with E-state index in [2.05, 4.69) is 0 Å². The molecule has 0 radical (unpaired) electrons. The number of rotatable bonds is 2. The van der Waals surface area contributed by atoms with Gasteiger partial charge in [0.15, 0.2) is 0 Å². The van der Waals surface area contributed by atoms with Crippen LogP contribution in [0, 0.1) is 0 Å². The van der Waals surface area contributed by atoms with Crippen LogP contribution in [0.3, 0.4) is 0 Å². The lowest BCUT2D eigenvalue weighted by molar-refractivity contribution is -0.141. The Morgan fingerprint density at radius 2 is 2.16 bits per heavy atom. The van der Waals surface area contributed by atoms with Gasteiger partial charge in [-0.1, -0.05) is 11.6 Å². The van der Waals surface area contributed by atoms with Gasteiger partial charge in [0, 0.05) is 22.0 Å². The molecule has 1 aliphatic heterocycles. The van der Waals surface area contributed by atoms with Gasteiger partial charge in [0.2, 0.25) is 0 Å². The highest BCUT2D eigenvalue weighted by Gasteiger charge is 2.39. The Hall–Kier alpha value is -1.40. The zero-order valence-electron chi connectivity index (χ0n) is 10.2. The number of amides is 1. The van der Waals surface area contributed by atoms with E-state index in [9.17, 15) is 9.59 Å². The molecular formula is C12H13ClN2O3S. The molecule has 1 saturated heterocycles. The number of carboxylic acids is 1. The molecule has 1 heterocycles. The highest BCUT2D eigenvalue weighted by Crippen LogP contribution is 2.31. The van der Waals surface area contributed by atoms with Gasteiger partial charge in [-0.05, 0) is 25.1 Å². The van der Waals surface area contributed by atoms with E-state index in [0.29, 0.717) is 22.0 Å². The van der Waals surface area contributed by atoms with Crippen LogP contribution in [-0.4, -0.2) is 39.1 Å². The van der Waals surface area contributed by atoms with Crippen LogP contribution >= 0.6 is 23.4 Å². The van der Waals surface area contributed by atoms with Gasteiger partial charge in [0.25, 0.3) is 5.91 Å². The molecule has 3 N–H and O–H groups in total. The molecule has 19 heavy (non-hydrogen) atoms. The summed E-state index contributed by atoms with van der Waals surface area (Å²) in [6.07, 6.45) is 0. The van der Waals surface area contributed by atoms with Gasteiger partial charge in [-0.2, -0.15) is 0 Å². The molecule has 1 aliphatic rings. The SMILES string of the molecule is CC1SCC(C(=O)O)N1C(=O)c1cc(N)cc(Cl)c1. The second-order valence-electron chi connectivity index (χ2n) is 4.27. The summed E-state index contributed by atoms with van der Waals surface area (Å²) in [5.41, 5.74) is 6.34. The summed E-state index contributed by atoms with van der Waals surface area (Å²) in [6.45, 7) is 1.80. The first-order chi connectivity index (χ1) is 8.90. The first-order valence-electron chi connectivity index (χ1n) is 5.63. The van der Waals surface area contributed by atoms with Crippen LogP contribution in [0.25, 0.3) is 0 Å². The van der Waals surface area contributed by atoms with Crippen molar-refractivity contribution in [3.8, 4) is 0 Å². The number of carbonyl (C=O) groups is 2. The quantitative estimate of drug-likeness (QED) is 0.815. The van der Waals surface area contributed by atoms with Crippen molar-refractivity contribution in [2.75, 3.05) is 11.5 Å². The topological polar surface area (TPSA) is 83.6 Å². The third kappa shape index (κ3) is 2.79. The first kappa shape index (κ1) is 14.0. The van der Waals surface area contributed by atoms with Crippen molar-refractivity contribution >= 4 is 40.9 Å². The van der Waals surface area contributed by atoms with Crippen molar-refractivity contribution in [1.29, 1.82) is 0 Å². The fourth-order valence-electron chi connectivity index (χ4n) is 2.03. The number of halogens is 1. The summed E-state index contributed by atoms with van der Waals surface area (Å²) >= 11 is 7.30. The summed E-state index contributed by atoms with van der Waals surface area (Å²) in [5, 5.41) is 9.32. The number of hydrogen-bond acceptors (Lipinski definition) is 4. The number of nitrogen functional groups attached to an aromatic ring is 1. The van der Waals surface area contributed by atoms with Gasteiger partial charge in [0.05, 0.1) is 5.37 Å². The summed E-state index contributed by atoms with van der Waals surface area (Å²) < 4.78 is 0. The molecule has 0 aromatic heterocycles. The highest BCUT2D eigenvalue weighted by atomic mass is 35.5. The van der Waals surface area contributed by atoms with E-state index in [1.165, 1.54) is 34.9 Å². The number of hydrogen-bond donors (Lipinski definition) is 2. The van der Waals surface area contributed by atoms with E-state index in [-0.39, 0.29) is 11.3 Å². The average molecular weight is 301 g/mol. The minimum atomic E-state index is -1.000. The second kappa shape index (κ2) is 5.30. The van der Waals surface area contributed by atoms with E-state index in [0.717, 1.165) is 0 Å². The Morgan fingerprint density at radius 3 is 2.74 bits per heavy atom. The lowest BCUT2D eigenvalue weighted by Crippen LogP contribution is -2.44. The molecule has 1 aromatic carbocycles. The summed E-state index contributed by atoms with van der Waals surface area (Å²) in [7, 11) is 0. The fourth-order valence-corrected chi connectivity index (χ4v) is 3.44. The molecule has 1 aromatic rings. The smallest absolute Gasteiger partial charge is 0.327 e. The van der Waals surface area contributed by atoms with Crippen LogP contribution in [-0.2, 0) is 4.79 Å². The maximum atomic E-state index is 12.4. The minimum Gasteiger partial charge on any atom is -0.480 e. The van der Waals surface area contributed by atoms with Gasteiger partial charge in [-0.25, -0.2) is 4.79 Å². The first-order valence-corrected chi connectivity index (χ1v) is 7.06. The van der Waals surface area contributed by atoms with Crippen molar-refractivity contribution in [1.82, 2.24) is 4.90 Å². The zero-order chi connectivity index (χ0) is 14.2. The molecule has 1 amide bonds. The van der Waals surface area contributed by atoms with E-state index in [4.69, 9.17) is 22.4 Å². The van der Waals surface area contributed by atoms with Crippen molar-refractivity contribution in [3.05, 3.63) is 28.8 Å². The molecule has 0 bridgehead atoms. The number of nitrogens with zero attached hydrogens (tertiary/aromatic N) is 1.